The van der Waals surface area contributed by atoms with Crippen molar-refractivity contribution in [3.63, 3.8) is 0 Å². The van der Waals surface area contributed by atoms with Gasteiger partial charge in [0.1, 0.15) is 23.2 Å². The lowest BCUT2D eigenvalue weighted by atomic mass is 9.81. The van der Waals surface area contributed by atoms with Crippen LogP contribution in [0.2, 0.25) is 0 Å². The van der Waals surface area contributed by atoms with Crippen molar-refractivity contribution in [2.24, 2.45) is 5.92 Å². The summed E-state index contributed by atoms with van der Waals surface area (Å²) in [6, 6.07) is 7.27. The maximum atomic E-state index is 13.6. The number of likely N-dealkylation sites (tertiary alicyclic amines) is 1. The van der Waals surface area contributed by atoms with Crippen LogP contribution in [0.1, 0.15) is 22.6 Å². The minimum atomic E-state index is -0.0484. The molecule has 2 unspecified atom stereocenters. The van der Waals surface area contributed by atoms with E-state index in [-0.39, 0.29) is 11.9 Å². The number of aromatic nitrogens is 5. The second-order valence-corrected chi connectivity index (χ2v) is 7.92. The number of hydrogen-bond acceptors (Lipinski definition) is 8. The fraction of sp³-hybridized carbons (Fsp3) is 0.381. The number of nitrogens with two attached hydrogens (primary N) is 1. The first-order valence-corrected chi connectivity index (χ1v) is 10.3. The van der Waals surface area contributed by atoms with Gasteiger partial charge in [0, 0.05) is 31.6 Å². The van der Waals surface area contributed by atoms with Crippen LogP contribution in [-0.4, -0.2) is 68.6 Å². The Bertz CT molecular complexity index is 1100. The minimum absolute atomic E-state index is 0.0484. The van der Waals surface area contributed by atoms with E-state index in [4.69, 9.17) is 10.5 Å². The standard InChI is InChI=1S/C21H24N8O2/c1-13-25-19(22)10-20(26-13)27-8-5-14-11-28(18(14)12-27)21(30)16-9-15(31-2)3-4-17(16)29-23-6-7-24-29/h3-4,6-7,9-10,14,18H,5,8,11-12H2,1-2H3,(H2,22,25,26). The van der Waals surface area contributed by atoms with E-state index in [0.717, 1.165) is 25.3 Å². The summed E-state index contributed by atoms with van der Waals surface area (Å²) in [6.07, 6.45) is 4.18. The molecule has 2 aliphatic heterocycles. The van der Waals surface area contributed by atoms with Crippen molar-refractivity contribution in [2.45, 2.75) is 19.4 Å². The fourth-order valence-corrected chi connectivity index (χ4v) is 4.46. The highest BCUT2D eigenvalue weighted by Gasteiger charge is 2.46. The van der Waals surface area contributed by atoms with Gasteiger partial charge in [-0.1, -0.05) is 0 Å². The molecule has 2 fully saturated rings. The Balaban J connectivity index is 1.41. The van der Waals surface area contributed by atoms with Crippen molar-refractivity contribution in [1.82, 2.24) is 29.9 Å². The predicted octanol–water partition coefficient (Wildman–Crippen LogP) is 1.31. The van der Waals surface area contributed by atoms with Crippen LogP contribution < -0.4 is 15.4 Å². The van der Waals surface area contributed by atoms with E-state index in [1.807, 2.05) is 17.9 Å². The fourth-order valence-electron chi connectivity index (χ4n) is 4.46. The number of ether oxygens (including phenoxy) is 1. The molecule has 2 aliphatic rings. The minimum Gasteiger partial charge on any atom is -0.497 e. The normalized spacial score (nSPS) is 20.2. The van der Waals surface area contributed by atoms with E-state index < -0.39 is 0 Å². The number of benzene rings is 1. The van der Waals surface area contributed by atoms with Crippen LogP contribution in [0.4, 0.5) is 11.6 Å². The van der Waals surface area contributed by atoms with Crippen LogP contribution in [0.3, 0.4) is 0 Å². The summed E-state index contributed by atoms with van der Waals surface area (Å²) in [5.74, 6) is 2.97. The van der Waals surface area contributed by atoms with Crippen molar-refractivity contribution in [3.8, 4) is 11.4 Å². The van der Waals surface area contributed by atoms with Crippen molar-refractivity contribution in [2.75, 3.05) is 37.4 Å². The number of amides is 1. The molecule has 1 aromatic carbocycles. The summed E-state index contributed by atoms with van der Waals surface area (Å²) in [4.78, 5) is 27.8. The van der Waals surface area contributed by atoms with E-state index in [9.17, 15) is 4.79 Å². The largest absolute Gasteiger partial charge is 0.497 e. The number of nitrogens with zero attached hydrogens (tertiary/aromatic N) is 7. The second kappa shape index (κ2) is 7.53. The zero-order chi connectivity index (χ0) is 21.5. The quantitative estimate of drug-likeness (QED) is 0.672. The van der Waals surface area contributed by atoms with Crippen molar-refractivity contribution < 1.29 is 9.53 Å². The Morgan fingerprint density at radius 2 is 1.97 bits per heavy atom. The molecule has 1 amide bonds. The smallest absolute Gasteiger partial charge is 0.256 e. The molecule has 2 atom stereocenters. The molecule has 5 rings (SSSR count). The number of fused-ring (bicyclic) bond motifs is 1. The first-order chi connectivity index (χ1) is 15.0. The van der Waals surface area contributed by atoms with Gasteiger partial charge >= 0.3 is 0 Å². The monoisotopic (exact) mass is 420 g/mol. The highest BCUT2D eigenvalue weighted by Crippen LogP contribution is 2.36. The second-order valence-electron chi connectivity index (χ2n) is 7.92. The van der Waals surface area contributed by atoms with Gasteiger partial charge in [0.25, 0.3) is 5.91 Å². The highest BCUT2D eigenvalue weighted by molar-refractivity contribution is 5.99. The molecule has 160 valence electrons. The number of carbonyl (C=O) groups is 1. The third-order valence-corrected chi connectivity index (χ3v) is 6.05. The van der Waals surface area contributed by atoms with Crippen molar-refractivity contribution in [1.29, 1.82) is 0 Å². The van der Waals surface area contributed by atoms with Crippen LogP contribution >= 0.6 is 0 Å². The van der Waals surface area contributed by atoms with Gasteiger partial charge in [0.05, 0.1) is 36.8 Å². The number of aryl methyl sites for hydroxylation is 1. The summed E-state index contributed by atoms with van der Waals surface area (Å²) in [5, 5.41) is 8.40. The van der Waals surface area contributed by atoms with Crippen LogP contribution in [0.25, 0.3) is 5.69 Å². The van der Waals surface area contributed by atoms with Gasteiger partial charge in [0.2, 0.25) is 0 Å². The first kappa shape index (κ1) is 19.3. The lowest BCUT2D eigenvalue weighted by Crippen LogP contribution is -2.66. The van der Waals surface area contributed by atoms with Crippen molar-refractivity contribution in [3.05, 3.63) is 48.0 Å². The molecular weight excluding hydrogens is 396 g/mol. The molecule has 10 nitrogen and oxygen atoms in total. The molecule has 0 spiro atoms. The van der Waals surface area contributed by atoms with Gasteiger partial charge < -0.3 is 20.3 Å². The summed E-state index contributed by atoms with van der Waals surface area (Å²) < 4.78 is 5.36. The van der Waals surface area contributed by atoms with Crippen LogP contribution in [0.5, 0.6) is 5.75 Å². The number of anilines is 2. The van der Waals surface area contributed by atoms with Crippen LogP contribution in [-0.2, 0) is 0 Å². The maximum absolute atomic E-state index is 13.6. The zero-order valence-corrected chi connectivity index (χ0v) is 17.5. The van der Waals surface area contributed by atoms with Gasteiger partial charge in [-0.05, 0) is 31.5 Å². The molecule has 2 aromatic heterocycles. The SMILES string of the molecule is COc1ccc(-n2nccn2)c(C(=O)N2CC3CCN(c4cc(N)nc(C)n4)CC32)c1. The Labute approximate surface area is 179 Å². The lowest BCUT2D eigenvalue weighted by molar-refractivity contribution is 0.00775. The van der Waals surface area contributed by atoms with Gasteiger partial charge in [0.15, 0.2) is 0 Å². The average molecular weight is 420 g/mol. The summed E-state index contributed by atoms with van der Waals surface area (Å²) in [5.41, 5.74) is 7.07. The number of methoxy groups -OCH3 is 1. The number of piperidine rings is 1. The Kier molecular flexibility index (Phi) is 4.68. The van der Waals surface area contributed by atoms with E-state index in [1.165, 1.54) is 4.80 Å². The molecule has 3 aromatic rings. The van der Waals surface area contributed by atoms with Crippen LogP contribution in [0.15, 0.2) is 36.7 Å². The van der Waals surface area contributed by atoms with Gasteiger partial charge in [-0.3, -0.25) is 4.79 Å². The molecule has 2 saturated heterocycles. The third-order valence-electron chi connectivity index (χ3n) is 6.05. The van der Waals surface area contributed by atoms with Gasteiger partial charge in [-0.2, -0.15) is 15.0 Å². The Morgan fingerprint density at radius 1 is 1.16 bits per heavy atom. The molecule has 0 aliphatic carbocycles. The summed E-state index contributed by atoms with van der Waals surface area (Å²) in [7, 11) is 1.59. The number of nitrogen functional groups attached to an aromatic ring is 1. The molecule has 0 bridgehead atoms. The predicted molar refractivity (Wildman–Crippen MR) is 114 cm³/mol. The molecule has 31 heavy (non-hydrogen) atoms. The van der Waals surface area contributed by atoms with E-state index in [0.29, 0.717) is 41.1 Å². The molecule has 10 heteroatoms. The highest BCUT2D eigenvalue weighted by atomic mass is 16.5. The molecule has 0 saturated carbocycles. The number of rotatable bonds is 4. The summed E-state index contributed by atoms with van der Waals surface area (Å²) >= 11 is 0. The van der Waals surface area contributed by atoms with Crippen molar-refractivity contribution >= 4 is 17.5 Å². The Hall–Kier alpha value is -3.69. The third kappa shape index (κ3) is 3.43. The maximum Gasteiger partial charge on any atom is 0.256 e. The van der Waals surface area contributed by atoms with E-state index in [1.54, 1.807) is 37.7 Å². The molecule has 0 radical (unpaired) electrons. The Morgan fingerprint density at radius 3 is 2.71 bits per heavy atom. The van der Waals surface area contributed by atoms with Gasteiger partial charge in [-0.25, -0.2) is 9.97 Å². The first-order valence-electron chi connectivity index (χ1n) is 10.3. The van der Waals surface area contributed by atoms with Gasteiger partial charge in [-0.15, -0.1) is 0 Å². The lowest BCUT2D eigenvalue weighted by Gasteiger charge is -2.53. The van der Waals surface area contributed by atoms with E-state index >= 15 is 0 Å². The molecule has 2 N–H and O–H groups in total. The molecule has 4 heterocycles. The average Bonchev–Trinajstić information content (AvgIpc) is 3.28. The van der Waals surface area contributed by atoms with E-state index in [2.05, 4.69) is 25.1 Å². The zero-order valence-electron chi connectivity index (χ0n) is 17.5. The van der Waals surface area contributed by atoms with Crippen LogP contribution in [0, 0.1) is 12.8 Å². The number of carbonyl (C=O) groups excluding carboxylic acids is 1. The summed E-state index contributed by atoms with van der Waals surface area (Å²) in [6.45, 7) is 4.18. The number of hydrogen-bond donors (Lipinski definition) is 1. The topological polar surface area (TPSA) is 115 Å². The molecular formula is C21H24N8O2.